The minimum Gasteiger partial charge on any atom is -0.481 e. The summed E-state index contributed by atoms with van der Waals surface area (Å²) < 4.78 is 5.29. The summed E-state index contributed by atoms with van der Waals surface area (Å²) >= 11 is 0. The minimum absolute atomic E-state index is 0.00125. The number of unbranched alkanes of at least 4 members (excludes halogenated alkanes) is 1. The van der Waals surface area contributed by atoms with Gasteiger partial charge in [-0.05, 0) is 25.3 Å². The first-order chi connectivity index (χ1) is 9.60. The Morgan fingerprint density at radius 2 is 1.95 bits per heavy atom. The maximum absolute atomic E-state index is 11.4. The molecule has 1 N–H and O–H groups in total. The smallest absolute Gasteiger partial charge is 0.339 e. The van der Waals surface area contributed by atoms with Crippen LogP contribution in [0.25, 0.3) is 0 Å². The molecule has 110 valence electrons. The SMILES string of the molecule is CCCC(=O)O.CCCCC1OC(=O)c2ccccc21. The number of aliphatic carboxylic acids is 1. The normalized spacial score (nSPS) is 15.9. The molecule has 1 atom stereocenters. The topological polar surface area (TPSA) is 63.6 Å². The molecule has 0 bridgehead atoms. The lowest BCUT2D eigenvalue weighted by Gasteiger charge is -2.08. The molecule has 0 aromatic heterocycles. The van der Waals surface area contributed by atoms with Gasteiger partial charge in [0, 0.05) is 12.0 Å². The van der Waals surface area contributed by atoms with Crippen LogP contribution in [0.3, 0.4) is 0 Å². The maximum atomic E-state index is 11.4. The molecule has 0 saturated carbocycles. The fourth-order valence-corrected chi connectivity index (χ4v) is 2.04. The Morgan fingerprint density at radius 1 is 1.25 bits per heavy atom. The molecule has 20 heavy (non-hydrogen) atoms. The second kappa shape index (κ2) is 8.35. The largest absolute Gasteiger partial charge is 0.481 e. The number of hydrogen-bond donors (Lipinski definition) is 1. The zero-order valence-electron chi connectivity index (χ0n) is 12.1. The van der Waals surface area contributed by atoms with E-state index < -0.39 is 5.97 Å². The molecule has 0 radical (unpaired) electrons. The Kier molecular flexibility index (Phi) is 6.77. The highest BCUT2D eigenvalue weighted by atomic mass is 16.5. The van der Waals surface area contributed by atoms with Crippen LogP contribution in [0.15, 0.2) is 24.3 Å². The fraction of sp³-hybridized carbons (Fsp3) is 0.500. The molecule has 1 aromatic carbocycles. The number of carboxylic acid groups (broad SMARTS) is 1. The number of benzene rings is 1. The molecular formula is C16H22O4. The molecule has 0 saturated heterocycles. The standard InChI is InChI=1S/C12H14O2.C4H8O2/c1-2-3-8-11-9-6-4-5-7-10(9)12(13)14-11;1-2-3-4(5)6/h4-7,11H,2-3,8H2,1H3;2-3H2,1H3,(H,5,6). The summed E-state index contributed by atoms with van der Waals surface area (Å²) in [6, 6.07) is 7.66. The van der Waals surface area contributed by atoms with Crippen molar-refractivity contribution < 1.29 is 19.4 Å². The molecule has 2 rings (SSSR count). The Bertz CT molecular complexity index is 454. The summed E-state index contributed by atoms with van der Waals surface area (Å²) in [5.41, 5.74) is 1.81. The number of rotatable bonds is 5. The summed E-state index contributed by atoms with van der Waals surface area (Å²) in [6.07, 6.45) is 4.20. The fourth-order valence-electron chi connectivity index (χ4n) is 2.04. The molecule has 0 spiro atoms. The van der Waals surface area contributed by atoms with Gasteiger partial charge in [0.15, 0.2) is 0 Å². The highest BCUT2D eigenvalue weighted by Crippen LogP contribution is 2.33. The van der Waals surface area contributed by atoms with Crippen LogP contribution in [-0.2, 0) is 9.53 Å². The van der Waals surface area contributed by atoms with E-state index in [-0.39, 0.29) is 12.1 Å². The Labute approximate surface area is 119 Å². The highest BCUT2D eigenvalue weighted by Gasteiger charge is 2.29. The first-order valence-electron chi connectivity index (χ1n) is 7.11. The Hall–Kier alpha value is -1.84. The predicted octanol–water partition coefficient (Wildman–Crippen LogP) is 3.96. The van der Waals surface area contributed by atoms with Crippen LogP contribution in [0.4, 0.5) is 0 Å². The van der Waals surface area contributed by atoms with Gasteiger partial charge >= 0.3 is 11.9 Å². The maximum Gasteiger partial charge on any atom is 0.339 e. The van der Waals surface area contributed by atoms with E-state index in [1.54, 1.807) is 0 Å². The zero-order chi connectivity index (χ0) is 15.0. The van der Waals surface area contributed by atoms with E-state index in [9.17, 15) is 9.59 Å². The molecule has 0 aliphatic carbocycles. The van der Waals surface area contributed by atoms with Crippen molar-refractivity contribution in [1.29, 1.82) is 0 Å². The first-order valence-corrected chi connectivity index (χ1v) is 7.11. The van der Waals surface area contributed by atoms with Gasteiger partial charge in [-0.1, -0.05) is 38.5 Å². The van der Waals surface area contributed by atoms with Gasteiger partial charge in [-0.2, -0.15) is 0 Å². The molecule has 1 aliphatic heterocycles. The van der Waals surface area contributed by atoms with Gasteiger partial charge in [-0.25, -0.2) is 4.79 Å². The molecular weight excluding hydrogens is 256 g/mol. The molecule has 4 heteroatoms. The lowest BCUT2D eigenvalue weighted by Crippen LogP contribution is -1.98. The van der Waals surface area contributed by atoms with Crippen LogP contribution >= 0.6 is 0 Å². The second-order valence-corrected chi connectivity index (χ2v) is 4.77. The van der Waals surface area contributed by atoms with Crippen molar-refractivity contribution in [2.24, 2.45) is 0 Å². The van der Waals surface area contributed by atoms with Gasteiger partial charge in [0.2, 0.25) is 0 Å². The summed E-state index contributed by atoms with van der Waals surface area (Å²) in [5, 5.41) is 7.91. The van der Waals surface area contributed by atoms with E-state index in [0.717, 1.165) is 36.8 Å². The van der Waals surface area contributed by atoms with E-state index in [1.807, 2.05) is 31.2 Å². The van der Waals surface area contributed by atoms with Gasteiger partial charge in [0.05, 0.1) is 5.56 Å². The van der Waals surface area contributed by atoms with Gasteiger partial charge in [0.1, 0.15) is 6.10 Å². The van der Waals surface area contributed by atoms with Crippen molar-refractivity contribution in [2.75, 3.05) is 0 Å². The highest BCUT2D eigenvalue weighted by molar-refractivity contribution is 5.93. The average molecular weight is 278 g/mol. The van der Waals surface area contributed by atoms with Gasteiger partial charge in [-0.15, -0.1) is 0 Å². The van der Waals surface area contributed by atoms with Crippen LogP contribution in [-0.4, -0.2) is 17.0 Å². The van der Waals surface area contributed by atoms with Gasteiger partial charge < -0.3 is 9.84 Å². The third kappa shape index (κ3) is 4.68. The van der Waals surface area contributed by atoms with E-state index in [2.05, 4.69) is 6.92 Å². The number of esters is 1. The minimum atomic E-state index is -0.711. The van der Waals surface area contributed by atoms with Crippen LogP contribution in [0.1, 0.15) is 68.0 Å². The van der Waals surface area contributed by atoms with E-state index >= 15 is 0 Å². The van der Waals surface area contributed by atoms with Gasteiger partial charge in [-0.3, -0.25) is 4.79 Å². The summed E-state index contributed by atoms with van der Waals surface area (Å²) in [7, 11) is 0. The van der Waals surface area contributed by atoms with Crippen LogP contribution in [0.2, 0.25) is 0 Å². The van der Waals surface area contributed by atoms with Crippen molar-refractivity contribution in [3.05, 3.63) is 35.4 Å². The third-order valence-electron chi connectivity index (χ3n) is 3.06. The number of hydrogen-bond acceptors (Lipinski definition) is 3. The molecule has 1 heterocycles. The van der Waals surface area contributed by atoms with Crippen LogP contribution < -0.4 is 0 Å². The van der Waals surface area contributed by atoms with Crippen LogP contribution in [0.5, 0.6) is 0 Å². The van der Waals surface area contributed by atoms with Crippen molar-refractivity contribution in [2.45, 2.75) is 52.1 Å². The van der Waals surface area contributed by atoms with Crippen molar-refractivity contribution in [3.63, 3.8) is 0 Å². The monoisotopic (exact) mass is 278 g/mol. The van der Waals surface area contributed by atoms with Crippen LogP contribution in [0, 0.1) is 0 Å². The molecule has 1 aliphatic rings. The summed E-state index contributed by atoms with van der Waals surface area (Å²) in [6.45, 7) is 3.98. The number of carbonyl (C=O) groups excluding carboxylic acids is 1. The van der Waals surface area contributed by atoms with Crippen molar-refractivity contribution in [1.82, 2.24) is 0 Å². The second-order valence-electron chi connectivity index (χ2n) is 4.77. The summed E-state index contributed by atoms with van der Waals surface area (Å²) in [4.78, 5) is 21.0. The van der Waals surface area contributed by atoms with Crippen molar-refractivity contribution in [3.8, 4) is 0 Å². The van der Waals surface area contributed by atoms with Crippen molar-refractivity contribution >= 4 is 11.9 Å². The Morgan fingerprint density at radius 3 is 2.50 bits per heavy atom. The molecule has 4 nitrogen and oxygen atoms in total. The van der Waals surface area contributed by atoms with Gasteiger partial charge in [0.25, 0.3) is 0 Å². The van der Waals surface area contributed by atoms with E-state index in [1.165, 1.54) is 0 Å². The quantitative estimate of drug-likeness (QED) is 0.828. The van der Waals surface area contributed by atoms with E-state index in [4.69, 9.17) is 9.84 Å². The number of ether oxygens (including phenoxy) is 1. The number of carboxylic acids is 1. The number of carbonyl (C=O) groups is 2. The molecule has 1 unspecified atom stereocenters. The number of fused-ring (bicyclic) bond motifs is 1. The number of cyclic esters (lactones) is 1. The zero-order valence-corrected chi connectivity index (χ0v) is 12.1. The predicted molar refractivity (Wildman–Crippen MR) is 76.7 cm³/mol. The average Bonchev–Trinajstić information content (AvgIpc) is 2.74. The molecule has 0 fully saturated rings. The summed E-state index contributed by atoms with van der Waals surface area (Å²) in [5.74, 6) is -0.876. The molecule has 1 aromatic rings. The van der Waals surface area contributed by atoms with E-state index in [0.29, 0.717) is 6.42 Å². The Balaban J connectivity index is 0.000000286. The first kappa shape index (κ1) is 16.2. The lowest BCUT2D eigenvalue weighted by molar-refractivity contribution is -0.137. The lowest BCUT2D eigenvalue weighted by atomic mass is 10.0. The molecule has 0 amide bonds. The third-order valence-corrected chi connectivity index (χ3v) is 3.06.